The average Bonchev–Trinajstić information content (AvgIpc) is 2.46. The van der Waals surface area contributed by atoms with E-state index in [1.54, 1.807) is 12.1 Å². The van der Waals surface area contributed by atoms with E-state index in [2.05, 4.69) is 6.92 Å². The Balaban J connectivity index is 2.35. The molecular weight excluding hydrogens is 263 g/mol. The molecule has 0 aliphatic carbocycles. The fraction of sp³-hybridized carbons (Fsp3) is 0.632. The van der Waals surface area contributed by atoms with Crippen LogP contribution in [0, 0.1) is 5.82 Å². The molecule has 0 radical (unpaired) electrons. The van der Waals surface area contributed by atoms with E-state index >= 15 is 0 Å². The van der Waals surface area contributed by atoms with Crippen LogP contribution >= 0.6 is 0 Å². The Hall–Kier alpha value is -1.18. The molecule has 118 valence electrons. The van der Waals surface area contributed by atoms with Crippen molar-refractivity contribution in [2.24, 2.45) is 0 Å². The van der Waals surface area contributed by atoms with E-state index in [4.69, 9.17) is 0 Å². The van der Waals surface area contributed by atoms with Crippen LogP contribution in [0.25, 0.3) is 0 Å². The van der Waals surface area contributed by atoms with Gasteiger partial charge in [0.15, 0.2) is 0 Å². The van der Waals surface area contributed by atoms with E-state index in [9.17, 15) is 9.18 Å². The first-order valence-electron chi connectivity index (χ1n) is 8.28. The lowest BCUT2D eigenvalue weighted by Crippen LogP contribution is -2.28. The molecule has 0 unspecified atom stereocenters. The van der Waals surface area contributed by atoms with E-state index < -0.39 is 5.41 Å². The molecular formula is C19H29FO. The molecule has 1 nitrogen and oxygen atoms in total. The molecule has 0 aromatic heterocycles. The Morgan fingerprint density at radius 2 is 1.48 bits per heavy atom. The molecule has 0 saturated heterocycles. The number of benzene rings is 1. The van der Waals surface area contributed by atoms with Crippen LogP contribution in [0.1, 0.15) is 77.7 Å². The summed E-state index contributed by atoms with van der Waals surface area (Å²) in [6, 6.07) is 6.30. The monoisotopic (exact) mass is 292 g/mol. The first-order chi connectivity index (χ1) is 9.98. The second-order valence-electron chi connectivity index (χ2n) is 6.43. The predicted molar refractivity (Wildman–Crippen MR) is 87.0 cm³/mol. The third-order valence-electron chi connectivity index (χ3n) is 4.27. The van der Waals surface area contributed by atoms with Gasteiger partial charge in [-0.3, -0.25) is 4.79 Å². The number of rotatable bonds is 10. The van der Waals surface area contributed by atoms with Crippen molar-refractivity contribution >= 4 is 5.78 Å². The molecule has 0 fully saturated rings. The predicted octanol–water partition coefficient (Wildman–Crippen LogP) is 5.81. The molecule has 0 saturated carbocycles. The minimum Gasteiger partial charge on any atom is -0.299 e. The standard InChI is InChI=1S/C19H29FO/c1-4-5-6-7-8-9-10-11-18(21)19(2,3)16-12-14-17(20)15-13-16/h12-15H,4-11H2,1-3H3. The summed E-state index contributed by atoms with van der Waals surface area (Å²) in [5, 5.41) is 0. The van der Waals surface area contributed by atoms with Gasteiger partial charge in [0.1, 0.15) is 11.6 Å². The minimum atomic E-state index is -0.518. The van der Waals surface area contributed by atoms with Crippen molar-refractivity contribution in [2.45, 2.75) is 77.6 Å². The summed E-state index contributed by atoms with van der Waals surface area (Å²) in [7, 11) is 0. The molecule has 0 bridgehead atoms. The summed E-state index contributed by atoms with van der Waals surface area (Å²) in [5.74, 6) is -0.00301. The second kappa shape index (κ2) is 8.96. The molecule has 0 aliphatic heterocycles. The molecule has 0 amide bonds. The Kier molecular flexibility index (Phi) is 7.63. The Morgan fingerprint density at radius 1 is 0.952 bits per heavy atom. The molecule has 0 aliphatic rings. The zero-order chi connectivity index (χ0) is 15.7. The third kappa shape index (κ3) is 5.99. The normalized spacial score (nSPS) is 11.6. The fourth-order valence-corrected chi connectivity index (χ4v) is 2.58. The highest BCUT2D eigenvalue weighted by molar-refractivity contribution is 5.89. The van der Waals surface area contributed by atoms with Crippen molar-refractivity contribution in [3.63, 3.8) is 0 Å². The summed E-state index contributed by atoms with van der Waals surface area (Å²) in [6.07, 6.45) is 9.13. The van der Waals surface area contributed by atoms with Gasteiger partial charge in [-0.05, 0) is 38.0 Å². The van der Waals surface area contributed by atoms with Gasteiger partial charge in [-0.1, -0.05) is 57.6 Å². The number of carbonyl (C=O) groups excluding carboxylic acids is 1. The number of Topliss-reactive ketones (excluding diaryl/α,β-unsaturated/α-hetero) is 1. The first-order valence-corrected chi connectivity index (χ1v) is 8.28. The van der Waals surface area contributed by atoms with Crippen LogP contribution in [0.4, 0.5) is 4.39 Å². The highest BCUT2D eigenvalue weighted by atomic mass is 19.1. The van der Waals surface area contributed by atoms with Gasteiger partial charge >= 0.3 is 0 Å². The van der Waals surface area contributed by atoms with E-state index in [-0.39, 0.29) is 11.6 Å². The van der Waals surface area contributed by atoms with Crippen LogP contribution in [0.2, 0.25) is 0 Å². The molecule has 2 heteroatoms. The lowest BCUT2D eigenvalue weighted by Gasteiger charge is -2.23. The first kappa shape index (κ1) is 17.9. The van der Waals surface area contributed by atoms with Gasteiger partial charge < -0.3 is 0 Å². The van der Waals surface area contributed by atoms with Crippen LogP contribution < -0.4 is 0 Å². The highest BCUT2D eigenvalue weighted by Crippen LogP contribution is 2.26. The number of hydrogen-bond donors (Lipinski definition) is 0. The zero-order valence-electron chi connectivity index (χ0n) is 13.8. The van der Waals surface area contributed by atoms with Gasteiger partial charge in [-0.25, -0.2) is 4.39 Å². The molecule has 1 rings (SSSR count). The quantitative estimate of drug-likeness (QED) is 0.497. The maximum absolute atomic E-state index is 13.0. The van der Waals surface area contributed by atoms with Gasteiger partial charge in [0.05, 0.1) is 0 Å². The molecule has 0 N–H and O–H groups in total. The van der Waals surface area contributed by atoms with Crippen LogP contribution in [-0.4, -0.2) is 5.78 Å². The van der Waals surface area contributed by atoms with E-state index in [0.717, 1.165) is 18.4 Å². The van der Waals surface area contributed by atoms with Gasteiger partial charge in [-0.2, -0.15) is 0 Å². The van der Waals surface area contributed by atoms with Crippen molar-refractivity contribution in [1.82, 2.24) is 0 Å². The minimum absolute atomic E-state index is 0.252. The molecule has 1 aromatic carbocycles. The largest absolute Gasteiger partial charge is 0.299 e. The smallest absolute Gasteiger partial charge is 0.142 e. The highest BCUT2D eigenvalue weighted by Gasteiger charge is 2.28. The van der Waals surface area contributed by atoms with Crippen molar-refractivity contribution in [1.29, 1.82) is 0 Å². The molecule has 21 heavy (non-hydrogen) atoms. The van der Waals surface area contributed by atoms with Gasteiger partial charge in [0.25, 0.3) is 0 Å². The summed E-state index contributed by atoms with van der Waals surface area (Å²) in [6.45, 7) is 6.09. The number of ketones is 1. The number of carbonyl (C=O) groups is 1. The SMILES string of the molecule is CCCCCCCCCC(=O)C(C)(C)c1ccc(F)cc1. The summed E-state index contributed by atoms with van der Waals surface area (Å²) >= 11 is 0. The van der Waals surface area contributed by atoms with Crippen molar-refractivity contribution in [3.8, 4) is 0 Å². The lowest BCUT2D eigenvalue weighted by atomic mass is 9.79. The average molecular weight is 292 g/mol. The van der Waals surface area contributed by atoms with Crippen LogP contribution in [0.15, 0.2) is 24.3 Å². The second-order valence-corrected chi connectivity index (χ2v) is 6.43. The number of unbranched alkanes of at least 4 members (excludes halogenated alkanes) is 6. The van der Waals surface area contributed by atoms with Crippen molar-refractivity contribution in [3.05, 3.63) is 35.6 Å². The Morgan fingerprint density at radius 3 is 2.05 bits per heavy atom. The molecule has 0 atom stereocenters. The van der Waals surface area contributed by atoms with Gasteiger partial charge in [-0.15, -0.1) is 0 Å². The summed E-state index contributed by atoms with van der Waals surface area (Å²) < 4.78 is 13.0. The fourth-order valence-electron chi connectivity index (χ4n) is 2.58. The Labute approximate surface area is 129 Å². The van der Waals surface area contributed by atoms with Crippen LogP contribution in [0.3, 0.4) is 0 Å². The van der Waals surface area contributed by atoms with Crippen LogP contribution in [-0.2, 0) is 10.2 Å². The van der Waals surface area contributed by atoms with Crippen LogP contribution in [0.5, 0.6) is 0 Å². The topological polar surface area (TPSA) is 17.1 Å². The molecule has 0 spiro atoms. The van der Waals surface area contributed by atoms with Crippen molar-refractivity contribution < 1.29 is 9.18 Å². The lowest BCUT2D eigenvalue weighted by molar-refractivity contribution is -0.123. The van der Waals surface area contributed by atoms with Gasteiger partial charge in [0.2, 0.25) is 0 Å². The zero-order valence-corrected chi connectivity index (χ0v) is 13.8. The molecule has 0 heterocycles. The number of hydrogen-bond acceptors (Lipinski definition) is 1. The number of halogens is 1. The molecule has 1 aromatic rings. The van der Waals surface area contributed by atoms with E-state index in [1.165, 1.54) is 44.2 Å². The van der Waals surface area contributed by atoms with Crippen molar-refractivity contribution in [2.75, 3.05) is 0 Å². The van der Waals surface area contributed by atoms with E-state index in [1.807, 2.05) is 13.8 Å². The van der Waals surface area contributed by atoms with E-state index in [0.29, 0.717) is 6.42 Å². The summed E-state index contributed by atoms with van der Waals surface area (Å²) in [5.41, 5.74) is 0.382. The van der Waals surface area contributed by atoms with Gasteiger partial charge in [0, 0.05) is 11.8 Å². The maximum Gasteiger partial charge on any atom is 0.142 e. The third-order valence-corrected chi connectivity index (χ3v) is 4.27. The summed E-state index contributed by atoms with van der Waals surface area (Å²) in [4.78, 5) is 12.4. The maximum atomic E-state index is 13.0. The Bertz CT molecular complexity index is 420.